The highest BCUT2D eigenvalue weighted by Crippen LogP contribution is 2.43. The molecule has 63 heavy (non-hydrogen) atoms. The van der Waals surface area contributed by atoms with Crippen molar-refractivity contribution in [2.45, 2.75) is 193 Å². The molecule has 0 aromatic rings. The first-order chi connectivity index (χ1) is 30.5. The molecule has 0 saturated heterocycles. The van der Waals surface area contributed by atoms with Crippen LogP contribution in [0.4, 0.5) is 0 Å². The van der Waals surface area contributed by atoms with E-state index in [1.807, 2.05) is 21.1 Å². The van der Waals surface area contributed by atoms with E-state index in [0.717, 1.165) is 96.3 Å². The maximum Gasteiger partial charge on any atom is 0.472 e. The second-order valence-electron chi connectivity index (χ2n) is 17.5. The Bertz CT molecular complexity index is 1340. The Morgan fingerprint density at radius 1 is 0.508 bits per heavy atom. The molecule has 10 heteroatoms. The minimum absolute atomic E-state index is 0.0242. The van der Waals surface area contributed by atoms with Gasteiger partial charge in [-0.2, -0.15) is 0 Å². The number of carbonyl (C=O) groups is 2. The van der Waals surface area contributed by atoms with Crippen LogP contribution in [0.15, 0.2) is 85.1 Å². The molecule has 0 spiro atoms. The molecule has 362 valence electrons. The van der Waals surface area contributed by atoms with Crippen LogP contribution in [0.25, 0.3) is 0 Å². The summed E-state index contributed by atoms with van der Waals surface area (Å²) in [6.45, 7) is 4.27. The molecule has 0 heterocycles. The van der Waals surface area contributed by atoms with Crippen molar-refractivity contribution in [1.29, 1.82) is 0 Å². The van der Waals surface area contributed by atoms with Gasteiger partial charge in [0.2, 0.25) is 0 Å². The molecule has 0 aromatic heterocycles. The van der Waals surface area contributed by atoms with Crippen LogP contribution >= 0.6 is 7.82 Å². The molecule has 0 rings (SSSR count). The van der Waals surface area contributed by atoms with Crippen molar-refractivity contribution in [3.05, 3.63) is 85.1 Å². The van der Waals surface area contributed by atoms with E-state index in [1.54, 1.807) is 0 Å². The monoisotopic (exact) mass is 903 g/mol. The molecule has 0 fully saturated rings. The van der Waals surface area contributed by atoms with Crippen molar-refractivity contribution in [3.8, 4) is 0 Å². The number of carbonyl (C=O) groups excluding carboxylic acids is 2. The molecule has 9 nitrogen and oxygen atoms in total. The molecular weight excluding hydrogens is 810 g/mol. The van der Waals surface area contributed by atoms with E-state index < -0.39 is 26.5 Å². The minimum Gasteiger partial charge on any atom is -0.462 e. The number of phosphoric acid groups is 1. The summed E-state index contributed by atoms with van der Waals surface area (Å²) >= 11 is 0. The van der Waals surface area contributed by atoms with Crippen molar-refractivity contribution < 1.29 is 42.1 Å². The van der Waals surface area contributed by atoms with Crippen molar-refractivity contribution in [1.82, 2.24) is 0 Å². The summed E-state index contributed by atoms with van der Waals surface area (Å²) in [4.78, 5) is 35.4. The van der Waals surface area contributed by atoms with E-state index in [2.05, 4.69) is 98.9 Å². The SMILES string of the molecule is CC/C=C\C/C=C\C/C=C\C/C=C\C/C=C\C/C=C\C/C=C\CCCCCCCC(=O)OC(COC(=O)CCCCCCCCCCCCCC)COP(=O)(O)OCC[N+](C)(C)C. The average molecular weight is 903 g/mol. The molecule has 0 aliphatic rings. The van der Waals surface area contributed by atoms with Crippen LogP contribution in [0, 0.1) is 0 Å². The lowest BCUT2D eigenvalue weighted by Crippen LogP contribution is -2.37. The molecule has 0 aromatic carbocycles. The van der Waals surface area contributed by atoms with E-state index in [9.17, 15) is 19.0 Å². The van der Waals surface area contributed by atoms with Crippen molar-refractivity contribution >= 4 is 19.8 Å². The van der Waals surface area contributed by atoms with E-state index in [0.29, 0.717) is 17.4 Å². The number of hydrogen-bond donors (Lipinski definition) is 1. The molecule has 0 bridgehead atoms. The van der Waals surface area contributed by atoms with Gasteiger partial charge in [-0.3, -0.25) is 18.6 Å². The zero-order valence-corrected chi connectivity index (χ0v) is 41.7. The summed E-state index contributed by atoms with van der Waals surface area (Å²) in [5, 5.41) is 0. The molecule has 0 amide bonds. The number of unbranched alkanes of at least 4 members (excludes halogenated alkanes) is 16. The Kier molecular flexibility index (Phi) is 42.4. The topological polar surface area (TPSA) is 108 Å². The second kappa shape index (κ2) is 44.4. The highest BCUT2D eigenvalue weighted by Gasteiger charge is 2.27. The number of likely N-dealkylation sites (N-methyl/N-ethyl adjacent to an activating group) is 1. The Morgan fingerprint density at radius 3 is 1.35 bits per heavy atom. The fourth-order valence-corrected chi connectivity index (χ4v) is 7.09. The van der Waals surface area contributed by atoms with Gasteiger partial charge >= 0.3 is 19.8 Å². The lowest BCUT2D eigenvalue weighted by atomic mass is 10.0. The van der Waals surface area contributed by atoms with Crippen LogP contribution in [0.1, 0.15) is 187 Å². The van der Waals surface area contributed by atoms with E-state index in [-0.39, 0.29) is 32.0 Å². The van der Waals surface area contributed by atoms with Crippen molar-refractivity contribution in [2.24, 2.45) is 0 Å². The predicted octanol–water partition coefficient (Wildman–Crippen LogP) is 14.7. The number of quaternary nitrogens is 1. The highest BCUT2D eigenvalue weighted by molar-refractivity contribution is 7.47. The Hall–Kier alpha value is -2.81. The van der Waals surface area contributed by atoms with Crippen LogP contribution in [0.2, 0.25) is 0 Å². The van der Waals surface area contributed by atoms with Gasteiger partial charge in [0, 0.05) is 12.8 Å². The number of rotatable bonds is 44. The van der Waals surface area contributed by atoms with E-state index in [4.69, 9.17) is 18.5 Å². The lowest BCUT2D eigenvalue weighted by Gasteiger charge is -2.24. The summed E-state index contributed by atoms with van der Waals surface area (Å²) in [7, 11) is 1.45. The van der Waals surface area contributed by atoms with E-state index >= 15 is 0 Å². The molecule has 2 atom stereocenters. The predicted molar refractivity (Wildman–Crippen MR) is 265 cm³/mol. The van der Waals surface area contributed by atoms with Gasteiger partial charge in [-0.05, 0) is 70.6 Å². The van der Waals surface area contributed by atoms with Gasteiger partial charge in [0.15, 0.2) is 6.10 Å². The smallest absolute Gasteiger partial charge is 0.462 e. The lowest BCUT2D eigenvalue weighted by molar-refractivity contribution is -0.870. The summed E-state index contributed by atoms with van der Waals surface area (Å²) in [6.07, 6.45) is 57.8. The number of allylic oxidation sites excluding steroid dienone is 14. The largest absolute Gasteiger partial charge is 0.472 e. The Labute approximate surface area is 386 Å². The molecule has 1 N–H and O–H groups in total. The van der Waals surface area contributed by atoms with Gasteiger partial charge in [0.25, 0.3) is 0 Å². The molecule has 0 radical (unpaired) electrons. The summed E-state index contributed by atoms with van der Waals surface area (Å²) in [6, 6.07) is 0. The maximum absolute atomic E-state index is 12.7. The molecule has 0 aliphatic heterocycles. The maximum atomic E-state index is 12.7. The zero-order chi connectivity index (χ0) is 46.4. The molecule has 2 unspecified atom stereocenters. The quantitative estimate of drug-likeness (QED) is 0.0212. The van der Waals surface area contributed by atoms with Gasteiger partial charge in [0.05, 0.1) is 27.7 Å². The fraction of sp³-hybridized carbons (Fsp3) is 0.698. The summed E-state index contributed by atoms with van der Waals surface area (Å²) < 4.78 is 34.4. The van der Waals surface area contributed by atoms with Crippen LogP contribution in [0.5, 0.6) is 0 Å². The van der Waals surface area contributed by atoms with Crippen LogP contribution in [0.3, 0.4) is 0 Å². The van der Waals surface area contributed by atoms with Gasteiger partial charge < -0.3 is 18.9 Å². The number of hydrogen-bond acceptors (Lipinski definition) is 7. The van der Waals surface area contributed by atoms with Crippen molar-refractivity contribution in [2.75, 3.05) is 47.5 Å². The zero-order valence-electron chi connectivity index (χ0n) is 40.8. The molecular formula is C53H93NO8P+. The van der Waals surface area contributed by atoms with Crippen LogP contribution < -0.4 is 0 Å². The average Bonchev–Trinajstić information content (AvgIpc) is 3.24. The number of phosphoric ester groups is 1. The van der Waals surface area contributed by atoms with Crippen molar-refractivity contribution in [3.63, 3.8) is 0 Å². The number of ether oxygens (including phenoxy) is 2. The Morgan fingerprint density at radius 2 is 0.905 bits per heavy atom. The molecule has 0 aliphatic carbocycles. The first-order valence-corrected chi connectivity index (χ1v) is 26.3. The third-order valence-electron chi connectivity index (χ3n) is 10.2. The van der Waals surface area contributed by atoms with Gasteiger partial charge in [-0.25, -0.2) is 4.57 Å². The van der Waals surface area contributed by atoms with E-state index in [1.165, 1.54) is 57.8 Å². The second-order valence-corrected chi connectivity index (χ2v) is 18.9. The molecule has 0 saturated carbocycles. The third kappa shape index (κ3) is 48.5. The fourth-order valence-electron chi connectivity index (χ4n) is 6.35. The van der Waals surface area contributed by atoms with Gasteiger partial charge in [-0.15, -0.1) is 0 Å². The minimum atomic E-state index is -4.39. The standard InChI is InChI=1S/C53H92NO8P/c1-6-8-10-12-14-16-18-20-21-22-23-24-25-26-27-28-29-30-31-32-33-34-36-38-40-42-44-46-53(56)62-51(50-61-63(57,58)60-48-47-54(3,4)5)49-59-52(55)45-43-41-39-37-35-19-17-15-13-11-9-7-2/h8,10,14,16,20-21,23-24,26-27,29-30,32-33,51H,6-7,9,11-13,15,17-19,22,25,28,31,34-50H2,1-5H3/p+1/b10-8-,16-14-,21-20-,24-23-,27-26-,30-29-,33-32-. The van der Waals surface area contributed by atoms with Crippen LogP contribution in [-0.4, -0.2) is 74.9 Å². The first kappa shape index (κ1) is 60.2. The Balaban J connectivity index is 4.30. The summed E-state index contributed by atoms with van der Waals surface area (Å²) in [5.74, 6) is -0.824. The summed E-state index contributed by atoms with van der Waals surface area (Å²) in [5.41, 5.74) is 0. The normalized spacial score (nSPS) is 14.2. The van der Waals surface area contributed by atoms with Crippen LogP contribution in [-0.2, 0) is 32.7 Å². The van der Waals surface area contributed by atoms with Gasteiger partial charge in [-0.1, -0.05) is 189 Å². The number of nitrogens with zero attached hydrogens (tertiary/aromatic N) is 1. The van der Waals surface area contributed by atoms with Gasteiger partial charge in [0.1, 0.15) is 19.8 Å². The third-order valence-corrected chi connectivity index (χ3v) is 11.2. The number of esters is 2. The first-order valence-electron chi connectivity index (χ1n) is 24.8. The highest BCUT2D eigenvalue weighted by atomic mass is 31.2.